The van der Waals surface area contributed by atoms with Crippen LogP contribution in [0.25, 0.3) is 0 Å². The van der Waals surface area contributed by atoms with Crippen molar-refractivity contribution in [1.82, 2.24) is 9.80 Å². The second-order valence-electron chi connectivity index (χ2n) is 5.71. The molecule has 0 amide bonds. The van der Waals surface area contributed by atoms with Gasteiger partial charge in [0.2, 0.25) is 0 Å². The third kappa shape index (κ3) is 3.34. The molecule has 1 aromatic rings. The van der Waals surface area contributed by atoms with Gasteiger partial charge in [-0.25, -0.2) is 8.78 Å². The number of halogens is 2. The number of nitrogens with two attached hydrogens (primary N) is 1. The maximum absolute atomic E-state index is 14.0. The molecule has 0 aromatic heterocycles. The monoisotopic (exact) mass is 283 g/mol. The summed E-state index contributed by atoms with van der Waals surface area (Å²) in [6, 6.07) is 3.96. The third-order valence-corrected chi connectivity index (χ3v) is 3.94. The van der Waals surface area contributed by atoms with Crippen LogP contribution in [0, 0.1) is 11.6 Å². The highest BCUT2D eigenvalue weighted by molar-refractivity contribution is 5.23. The first-order valence-corrected chi connectivity index (χ1v) is 7.08. The molecule has 0 radical (unpaired) electrons. The Kier molecular flexibility index (Phi) is 5.07. The van der Waals surface area contributed by atoms with E-state index in [1.54, 1.807) is 0 Å². The van der Waals surface area contributed by atoms with E-state index in [2.05, 4.69) is 9.80 Å². The van der Waals surface area contributed by atoms with Gasteiger partial charge >= 0.3 is 0 Å². The first-order valence-electron chi connectivity index (χ1n) is 7.08. The zero-order valence-corrected chi connectivity index (χ0v) is 12.1. The molecule has 1 aliphatic heterocycles. The van der Waals surface area contributed by atoms with E-state index in [4.69, 9.17) is 5.73 Å². The minimum atomic E-state index is -0.548. The van der Waals surface area contributed by atoms with Crippen molar-refractivity contribution >= 4 is 0 Å². The molecule has 2 rings (SSSR count). The van der Waals surface area contributed by atoms with Crippen molar-refractivity contribution in [3.63, 3.8) is 0 Å². The quantitative estimate of drug-likeness (QED) is 0.897. The lowest BCUT2D eigenvalue weighted by atomic mass is 10.0. The Morgan fingerprint density at radius 1 is 1.40 bits per heavy atom. The highest BCUT2D eigenvalue weighted by Gasteiger charge is 2.32. The van der Waals surface area contributed by atoms with Crippen molar-refractivity contribution in [1.29, 1.82) is 0 Å². The summed E-state index contributed by atoms with van der Waals surface area (Å²) in [5.41, 5.74) is 6.37. The molecule has 1 heterocycles. The van der Waals surface area contributed by atoms with Crippen LogP contribution in [0.15, 0.2) is 18.2 Å². The van der Waals surface area contributed by atoms with Gasteiger partial charge in [0.15, 0.2) is 0 Å². The summed E-state index contributed by atoms with van der Waals surface area (Å²) in [5, 5.41) is 0. The number of rotatable bonds is 5. The fraction of sp³-hybridized carbons (Fsp3) is 0.600. The lowest BCUT2D eigenvalue weighted by Crippen LogP contribution is -2.42. The Balaban J connectivity index is 2.22. The molecule has 2 N–H and O–H groups in total. The Morgan fingerprint density at radius 2 is 2.15 bits per heavy atom. The van der Waals surface area contributed by atoms with Crippen molar-refractivity contribution in [3.8, 4) is 0 Å². The SMILES string of the molecule is CN(C)CC1CCCN1C(CN)c1ccc(F)cc1F. The van der Waals surface area contributed by atoms with Gasteiger partial charge in [0, 0.05) is 30.8 Å². The summed E-state index contributed by atoms with van der Waals surface area (Å²) < 4.78 is 27.0. The van der Waals surface area contributed by atoms with Gasteiger partial charge in [-0.2, -0.15) is 0 Å². The van der Waals surface area contributed by atoms with Crippen molar-refractivity contribution in [2.24, 2.45) is 5.73 Å². The second kappa shape index (κ2) is 6.61. The number of likely N-dealkylation sites (tertiary alicyclic amines) is 1. The Morgan fingerprint density at radius 3 is 2.75 bits per heavy atom. The molecular formula is C15H23F2N3. The molecule has 20 heavy (non-hydrogen) atoms. The van der Waals surface area contributed by atoms with E-state index in [1.807, 2.05) is 14.1 Å². The van der Waals surface area contributed by atoms with Crippen molar-refractivity contribution < 1.29 is 8.78 Å². The van der Waals surface area contributed by atoms with Gasteiger partial charge in [-0.3, -0.25) is 4.90 Å². The number of nitrogens with zero attached hydrogens (tertiary/aromatic N) is 2. The minimum absolute atomic E-state index is 0.178. The lowest BCUT2D eigenvalue weighted by Gasteiger charge is -2.34. The number of hydrogen-bond acceptors (Lipinski definition) is 3. The van der Waals surface area contributed by atoms with Gasteiger partial charge in [-0.1, -0.05) is 6.07 Å². The molecule has 2 atom stereocenters. The van der Waals surface area contributed by atoms with E-state index in [9.17, 15) is 8.78 Å². The normalized spacial score (nSPS) is 21.6. The third-order valence-electron chi connectivity index (χ3n) is 3.94. The average molecular weight is 283 g/mol. The summed E-state index contributed by atoms with van der Waals surface area (Å²) in [5.74, 6) is -1.05. The van der Waals surface area contributed by atoms with Gasteiger partial charge in [-0.05, 0) is 39.5 Å². The Hall–Kier alpha value is -1.04. The van der Waals surface area contributed by atoms with E-state index >= 15 is 0 Å². The molecule has 1 saturated heterocycles. The predicted molar refractivity (Wildman–Crippen MR) is 76.4 cm³/mol. The molecule has 1 aliphatic rings. The van der Waals surface area contributed by atoms with E-state index in [0.717, 1.165) is 32.0 Å². The molecule has 0 spiro atoms. The summed E-state index contributed by atoms with van der Waals surface area (Å²) in [6.45, 7) is 2.18. The zero-order chi connectivity index (χ0) is 14.7. The summed E-state index contributed by atoms with van der Waals surface area (Å²) in [4.78, 5) is 4.40. The van der Waals surface area contributed by atoms with E-state index < -0.39 is 11.6 Å². The fourth-order valence-electron chi connectivity index (χ4n) is 3.10. The van der Waals surface area contributed by atoms with Gasteiger partial charge in [0.05, 0.1) is 6.04 Å². The second-order valence-corrected chi connectivity index (χ2v) is 5.71. The van der Waals surface area contributed by atoms with E-state index in [-0.39, 0.29) is 6.04 Å². The standard InChI is InChI=1S/C15H23F2N3/c1-19(2)10-12-4-3-7-20(12)15(9-18)13-6-5-11(16)8-14(13)17/h5-6,8,12,15H,3-4,7,9-10,18H2,1-2H3. The molecule has 1 fully saturated rings. The molecule has 112 valence electrons. The van der Waals surface area contributed by atoms with E-state index in [1.165, 1.54) is 12.1 Å². The van der Waals surface area contributed by atoms with Crippen molar-refractivity contribution in [2.75, 3.05) is 33.7 Å². The van der Waals surface area contributed by atoms with Crippen LogP contribution in [0.5, 0.6) is 0 Å². The average Bonchev–Trinajstić information content (AvgIpc) is 2.80. The smallest absolute Gasteiger partial charge is 0.130 e. The van der Waals surface area contributed by atoms with Crippen LogP contribution in [-0.2, 0) is 0 Å². The molecule has 0 bridgehead atoms. The molecule has 2 unspecified atom stereocenters. The highest BCUT2D eigenvalue weighted by Crippen LogP contribution is 2.30. The molecule has 1 aromatic carbocycles. The highest BCUT2D eigenvalue weighted by atomic mass is 19.1. The predicted octanol–water partition coefficient (Wildman–Crippen LogP) is 1.99. The maximum Gasteiger partial charge on any atom is 0.130 e. The van der Waals surface area contributed by atoms with Crippen LogP contribution < -0.4 is 5.73 Å². The first-order chi connectivity index (χ1) is 9.52. The number of likely N-dealkylation sites (N-methyl/N-ethyl adjacent to an activating group) is 1. The lowest BCUT2D eigenvalue weighted by molar-refractivity contribution is 0.153. The molecule has 3 nitrogen and oxygen atoms in total. The summed E-state index contributed by atoms with van der Waals surface area (Å²) in [7, 11) is 4.07. The van der Waals surface area contributed by atoms with Crippen molar-refractivity contribution in [3.05, 3.63) is 35.4 Å². The van der Waals surface area contributed by atoms with Crippen LogP contribution in [0.4, 0.5) is 8.78 Å². The zero-order valence-electron chi connectivity index (χ0n) is 12.1. The van der Waals surface area contributed by atoms with Crippen LogP contribution in [0.3, 0.4) is 0 Å². The molecular weight excluding hydrogens is 260 g/mol. The summed E-state index contributed by atoms with van der Waals surface area (Å²) in [6.07, 6.45) is 2.19. The first kappa shape index (κ1) is 15.4. The number of hydrogen-bond donors (Lipinski definition) is 1. The van der Waals surface area contributed by atoms with Crippen LogP contribution in [-0.4, -0.2) is 49.6 Å². The molecule has 0 saturated carbocycles. The molecule has 0 aliphatic carbocycles. The van der Waals surface area contributed by atoms with Gasteiger partial charge in [0.1, 0.15) is 11.6 Å². The van der Waals surface area contributed by atoms with Gasteiger partial charge < -0.3 is 10.6 Å². The Labute approximate surface area is 119 Å². The maximum atomic E-state index is 14.0. The largest absolute Gasteiger partial charge is 0.329 e. The van der Waals surface area contributed by atoms with Crippen LogP contribution >= 0.6 is 0 Å². The Bertz CT molecular complexity index is 451. The van der Waals surface area contributed by atoms with Crippen LogP contribution in [0.2, 0.25) is 0 Å². The van der Waals surface area contributed by atoms with E-state index in [0.29, 0.717) is 18.2 Å². The van der Waals surface area contributed by atoms with Crippen LogP contribution in [0.1, 0.15) is 24.4 Å². The van der Waals surface area contributed by atoms with Gasteiger partial charge in [0.25, 0.3) is 0 Å². The van der Waals surface area contributed by atoms with Gasteiger partial charge in [-0.15, -0.1) is 0 Å². The summed E-state index contributed by atoms with van der Waals surface area (Å²) >= 11 is 0. The van der Waals surface area contributed by atoms with Crippen molar-refractivity contribution in [2.45, 2.75) is 24.9 Å². The molecule has 5 heteroatoms. The number of benzene rings is 1. The topological polar surface area (TPSA) is 32.5 Å². The minimum Gasteiger partial charge on any atom is -0.329 e. The fourth-order valence-corrected chi connectivity index (χ4v) is 3.10.